The summed E-state index contributed by atoms with van der Waals surface area (Å²) in [5.74, 6) is 0. The van der Waals surface area contributed by atoms with Crippen molar-refractivity contribution in [3.63, 3.8) is 0 Å². The fourth-order valence-electron chi connectivity index (χ4n) is 0. The average molecular weight is 9080 g/mol. The largest absolute Gasteiger partial charge is 0 e. The molecule has 34 heavy (non-hydrogen) atoms. The van der Waals surface area contributed by atoms with Crippen LogP contribution < -0.4 is 0 Å². The second kappa shape index (κ2) is -0.00346. The smallest absolute Gasteiger partial charge is 0 e. The molecule has 0 radical (unpaired) electrons. The molecule has 0 heterocycles. The van der Waals surface area contributed by atoms with Crippen molar-refractivity contribution in [2.75, 3.05) is 0 Å². The molecule has 0 spiro atoms. The van der Waals surface area contributed by atoms with Gasteiger partial charge in [0, 0.05) is 0 Å². The molecule has 0 aromatic rings. The molecule has 0 rings (SSSR count). The van der Waals surface area contributed by atoms with E-state index in [1.807, 2.05) is 0 Å². The Morgan fingerprint density at radius 2 is 0.0294 bits per heavy atom. The van der Waals surface area contributed by atoms with Crippen molar-refractivity contribution >= 4 is 0 Å². The van der Waals surface area contributed by atoms with Gasteiger partial charge < -0.3 is 0 Å². The summed E-state index contributed by atoms with van der Waals surface area (Å²) in [4.78, 5) is 0. The zero-order valence-corrected chi connectivity index (χ0v) is 242. The Kier molecular flexibility index (Phi) is 0. The van der Waals surface area contributed by atoms with Gasteiger partial charge in [-0.25, -0.2) is 0 Å². The van der Waals surface area contributed by atoms with Gasteiger partial charge in [-0.2, -0.15) is 0 Å². The second-order valence-electron chi connectivity index (χ2n) is 0. The van der Waals surface area contributed by atoms with Gasteiger partial charge in [0.25, 0.3) is 0 Å². The van der Waals surface area contributed by atoms with E-state index in [0.717, 1.165) is 0 Å². The van der Waals surface area contributed by atoms with Gasteiger partial charge in [0.15, 0.2) is 0 Å². The van der Waals surface area contributed by atoms with Gasteiger partial charge >= 0.3 is 0 Å². The van der Waals surface area contributed by atoms with Crippen LogP contribution in [0.5, 0.6) is 0 Å². The van der Waals surface area contributed by atoms with Crippen molar-refractivity contribution in [3.8, 4) is 0 Å². The fourth-order valence-corrected chi connectivity index (χ4v) is 0. The summed E-state index contributed by atoms with van der Waals surface area (Å²) in [6.07, 6.45) is 0. The molecule has 0 aromatic carbocycles. The molecule has 0 aliphatic rings. The monoisotopic (exact) mass is 9080 g/mol. The second-order valence-corrected chi connectivity index (χ2v) is 0. The maximum Gasteiger partial charge on any atom is 0 e. The normalized spacial score (nSPS) is 0. The quantitative estimate of drug-likeness (QED) is 0.321. The first-order valence-corrected chi connectivity index (χ1v) is 0. The molecule has 0 bridgehead atoms. The minimum Gasteiger partial charge on any atom is 0 e. The van der Waals surface area contributed by atoms with Gasteiger partial charge in [-0.3, -0.25) is 0 Å². The third-order valence-electron chi connectivity index (χ3n) is 0. The van der Waals surface area contributed by atoms with E-state index in [4.69, 9.17) is 0 Å². The van der Waals surface area contributed by atoms with E-state index in [1.165, 1.54) is 0 Å². The van der Waals surface area contributed by atoms with Crippen LogP contribution in [0.25, 0.3) is 0 Å². The minimum atomic E-state index is 0. The predicted octanol–water partition coefficient (Wildman–Crippen LogP) is 0. The summed E-state index contributed by atoms with van der Waals surface area (Å²) in [5, 5.41) is 0. The van der Waals surface area contributed by atoms with Crippen LogP contribution in [0, 0.1) is 0 Å². The van der Waals surface area contributed by atoms with Crippen molar-refractivity contribution in [1.29, 1.82) is 0 Å². The summed E-state index contributed by atoms with van der Waals surface area (Å²) in [6, 6.07) is 0. The maximum absolute atomic E-state index is 0. The summed E-state index contributed by atoms with van der Waals surface area (Å²) in [7, 11) is 0. The Hall–Kier alpha value is -34.0. The van der Waals surface area contributed by atoms with Crippen molar-refractivity contribution in [2.24, 2.45) is 0 Å². The van der Waals surface area contributed by atoms with Crippen LogP contribution in [0.2, 0.25) is 0 Å². The standard InChI is InChI=1S/34Rf. The minimum absolute atomic E-state index is 0. The first-order valence-electron chi connectivity index (χ1n) is 0. The fraction of sp³-hybridized carbons (Fsp3) is 0. The first-order chi connectivity index (χ1) is 0. The van der Waals surface area contributed by atoms with E-state index < -0.39 is 0 Å². The molecular weight excluding hydrogens is 9080 g/mol. The molecule has 0 atom stereocenters. The zero-order valence-electron chi connectivity index (χ0n) is 24.0. The Morgan fingerprint density at radius 3 is 0.0294 bits per heavy atom. The van der Waals surface area contributed by atoms with Crippen molar-refractivity contribution < 1.29 is 0 Å². The van der Waals surface area contributed by atoms with Crippen molar-refractivity contribution in [2.45, 2.75) is 0 Å². The Morgan fingerprint density at radius 1 is 0.0294 bits per heavy atom. The molecule has 0 amide bonds. The summed E-state index contributed by atoms with van der Waals surface area (Å²) in [6.45, 7) is 0. The number of hydrogen-bond donors (Lipinski definition) is 0. The predicted molar refractivity (Wildman–Crippen MR) is 0 cm³/mol. The Labute approximate surface area is 0 Å². The SMILES string of the molecule is [Rf].[Rf].[Rf].[Rf].[Rf].[Rf].[Rf].[Rf].[Rf].[Rf].[Rf].[Rf].[Rf].[Rf].[Rf].[Rf].[Rf].[Rf].[Rf].[Rf].[Rf].[Rf].[Rf].[Rf].[Rf].[Rf].[Rf].[Rf].[Rf].[Rf].[Rf].[Rf].[Rf].[Rf]. The van der Waals surface area contributed by atoms with Gasteiger partial charge in [0.2, 0.25) is 0 Å². The molecule has 0 aromatic heterocycles. The Balaban J connectivity index is 0. The van der Waals surface area contributed by atoms with Gasteiger partial charge in [-0.05, 0) is 0 Å². The van der Waals surface area contributed by atoms with Crippen LogP contribution in [-0.4, -0.2) is 0 Å². The summed E-state index contributed by atoms with van der Waals surface area (Å²) in [5.41, 5.74) is 0. The summed E-state index contributed by atoms with van der Waals surface area (Å²) < 4.78 is 0. The molecule has 0 saturated carbocycles. The van der Waals surface area contributed by atoms with Crippen LogP contribution >= 0.6 is 0 Å². The molecule has 0 N–H and O–H groups in total. The molecule has 0 aliphatic heterocycles. The van der Waals surface area contributed by atoms with Crippen LogP contribution in [-0.2, 0) is 0 Å². The van der Waals surface area contributed by atoms with E-state index in [2.05, 4.69) is 0 Å². The zero-order chi connectivity index (χ0) is 0. The molecule has 0 unspecified atom stereocenters. The molecule has 34 heteroatoms. The van der Waals surface area contributed by atoms with E-state index in [-0.39, 0.29) is 0 Å². The van der Waals surface area contributed by atoms with Crippen molar-refractivity contribution in [1.82, 2.24) is 0 Å². The first kappa shape index (κ1) is 0. The molecule has 0 aliphatic carbocycles. The van der Waals surface area contributed by atoms with Crippen molar-refractivity contribution in [3.05, 3.63) is 0 Å². The Bertz CT molecular complexity index is 0. The van der Waals surface area contributed by atoms with E-state index in [0.29, 0.717) is 0 Å². The topological polar surface area (TPSA) is 0 Å². The van der Waals surface area contributed by atoms with Gasteiger partial charge in [-0.15, -0.1) is 0 Å². The van der Waals surface area contributed by atoms with E-state index in [1.54, 1.807) is 0 Å². The van der Waals surface area contributed by atoms with E-state index in [9.17, 15) is 0 Å². The van der Waals surface area contributed by atoms with Crippen LogP contribution in [0.3, 0.4) is 0 Å². The van der Waals surface area contributed by atoms with Crippen LogP contribution in [0.1, 0.15) is 0 Å². The third kappa shape index (κ3) is -0.0156. The molecule has 0 saturated heterocycles. The number of hydrogen-bond acceptors (Lipinski definition) is 0. The third-order valence-corrected chi connectivity index (χ3v) is 0. The average Bonchev–Trinajstić information content (AvgIpc) is 0. The molecule has 0 nitrogen and oxygen atoms in total. The summed E-state index contributed by atoms with van der Waals surface area (Å²) >= 11 is 0. The van der Waals surface area contributed by atoms with Gasteiger partial charge in [-0.1, -0.05) is 0 Å². The maximum atomic E-state index is 0. The molecular formula is Rf34. The molecule has 68 valence electrons. The number of rotatable bonds is 0. The van der Waals surface area contributed by atoms with Gasteiger partial charge in [0.05, 0.1) is 0 Å². The van der Waals surface area contributed by atoms with Crippen LogP contribution in [0.4, 0.5) is 0 Å². The van der Waals surface area contributed by atoms with Crippen LogP contribution in [0.15, 0.2) is 0 Å². The molecule has 0 fully saturated rings. The van der Waals surface area contributed by atoms with Gasteiger partial charge in [0.1, 0.15) is 0 Å². The van der Waals surface area contributed by atoms with E-state index >= 15 is 0 Å².